The summed E-state index contributed by atoms with van der Waals surface area (Å²) in [5.74, 6) is -0.313. The summed E-state index contributed by atoms with van der Waals surface area (Å²) in [6.45, 7) is 0. The maximum absolute atomic E-state index is 12.2. The molecule has 0 N–H and O–H groups in total. The van der Waals surface area contributed by atoms with Crippen molar-refractivity contribution >= 4 is 23.1 Å². The minimum absolute atomic E-state index is 0.326. The third kappa shape index (κ3) is 3.73. The SMILES string of the molecule is COc1ccc2c(c1)CCC2=NOC(=O)c1cc([N+](=O)[O-])cc([N+](=O)[O-])c1. The monoisotopic (exact) mass is 371 g/mol. The summed E-state index contributed by atoms with van der Waals surface area (Å²) in [6, 6.07) is 8.00. The van der Waals surface area contributed by atoms with Gasteiger partial charge in [-0.2, -0.15) is 0 Å². The van der Waals surface area contributed by atoms with E-state index in [1.807, 2.05) is 6.07 Å². The molecule has 1 aliphatic carbocycles. The molecule has 0 aromatic heterocycles. The van der Waals surface area contributed by atoms with Crippen molar-refractivity contribution in [3.63, 3.8) is 0 Å². The topological polar surface area (TPSA) is 134 Å². The molecular formula is C17H13N3O7. The summed E-state index contributed by atoms with van der Waals surface area (Å²) in [4.78, 5) is 37.2. The molecule has 0 fully saturated rings. The number of hydrogen-bond acceptors (Lipinski definition) is 8. The van der Waals surface area contributed by atoms with Gasteiger partial charge in [0, 0.05) is 17.7 Å². The highest BCUT2D eigenvalue weighted by atomic mass is 16.7. The van der Waals surface area contributed by atoms with Gasteiger partial charge in [-0.15, -0.1) is 0 Å². The van der Waals surface area contributed by atoms with Crippen molar-refractivity contribution < 1.29 is 24.2 Å². The first-order valence-electron chi connectivity index (χ1n) is 7.78. The number of ether oxygens (including phenoxy) is 1. The number of benzene rings is 2. The molecule has 0 amide bonds. The highest BCUT2D eigenvalue weighted by Crippen LogP contribution is 2.27. The van der Waals surface area contributed by atoms with Gasteiger partial charge < -0.3 is 9.57 Å². The number of nitrogens with zero attached hydrogens (tertiary/aromatic N) is 3. The number of carbonyl (C=O) groups excluding carboxylic acids is 1. The Morgan fingerprint density at radius 3 is 2.30 bits per heavy atom. The summed E-state index contributed by atoms with van der Waals surface area (Å²) < 4.78 is 5.16. The second kappa shape index (κ2) is 7.20. The first-order chi connectivity index (χ1) is 12.9. The predicted molar refractivity (Wildman–Crippen MR) is 93.0 cm³/mol. The summed E-state index contributed by atoms with van der Waals surface area (Å²) >= 11 is 0. The van der Waals surface area contributed by atoms with Crippen molar-refractivity contribution in [1.82, 2.24) is 0 Å². The number of hydrogen-bond donors (Lipinski definition) is 0. The molecule has 0 radical (unpaired) electrons. The number of oxime groups is 1. The lowest BCUT2D eigenvalue weighted by Gasteiger charge is -2.04. The number of aryl methyl sites for hydroxylation is 1. The van der Waals surface area contributed by atoms with E-state index < -0.39 is 27.2 Å². The van der Waals surface area contributed by atoms with Gasteiger partial charge in [0.2, 0.25) is 0 Å². The molecule has 27 heavy (non-hydrogen) atoms. The number of non-ortho nitro benzene ring substituents is 2. The van der Waals surface area contributed by atoms with Gasteiger partial charge >= 0.3 is 5.97 Å². The second-order valence-corrected chi connectivity index (χ2v) is 5.69. The summed E-state index contributed by atoms with van der Waals surface area (Å²) in [7, 11) is 1.56. The van der Waals surface area contributed by atoms with Crippen molar-refractivity contribution in [3.8, 4) is 5.75 Å². The quantitative estimate of drug-likeness (QED) is 0.448. The van der Waals surface area contributed by atoms with E-state index in [-0.39, 0.29) is 5.56 Å². The number of rotatable bonds is 5. The smallest absolute Gasteiger partial charge is 0.366 e. The molecule has 0 aliphatic heterocycles. The number of nitro benzene ring substituents is 2. The average Bonchev–Trinajstić information content (AvgIpc) is 3.07. The van der Waals surface area contributed by atoms with E-state index in [4.69, 9.17) is 9.57 Å². The molecular weight excluding hydrogens is 358 g/mol. The fourth-order valence-electron chi connectivity index (χ4n) is 2.74. The number of methoxy groups -OCH3 is 1. The average molecular weight is 371 g/mol. The molecule has 3 rings (SSSR count). The van der Waals surface area contributed by atoms with Gasteiger partial charge in [-0.3, -0.25) is 20.2 Å². The fourth-order valence-corrected chi connectivity index (χ4v) is 2.74. The second-order valence-electron chi connectivity index (χ2n) is 5.69. The van der Waals surface area contributed by atoms with Gasteiger partial charge in [0.1, 0.15) is 5.75 Å². The van der Waals surface area contributed by atoms with Gasteiger partial charge in [-0.1, -0.05) is 5.16 Å². The van der Waals surface area contributed by atoms with Crippen LogP contribution in [0.15, 0.2) is 41.6 Å². The fraction of sp³-hybridized carbons (Fsp3) is 0.176. The Balaban J connectivity index is 1.84. The Morgan fingerprint density at radius 1 is 1.04 bits per heavy atom. The highest BCUT2D eigenvalue weighted by Gasteiger charge is 2.23. The summed E-state index contributed by atoms with van der Waals surface area (Å²) in [5.41, 5.74) is 0.863. The maximum atomic E-state index is 12.2. The van der Waals surface area contributed by atoms with Gasteiger partial charge in [0.15, 0.2) is 0 Å². The minimum atomic E-state index is -1.02. The van der Waals surface area contributed by atoms with Crippen LogP contribution in [0.5, 0.6) is 5.75 Å². The van der Waals surface area contributed by atoms with Crippen LogP contribution in [-0.4, -0.2) is 28.6 Å². The van der Waals surface area contributed by atoms with Crippen LogP contribution in [0.3, 0.4) is 0 Å². The third-order valence-electron chi connectivity index (χ3n) is 4.05. The molecule has 1 aliphatic rings. The van der Waals surface area contributed by atoms with Crippen LogP contribution >= 0.6 is 0 Å². The lowest BCUT2D eigenvalue weighted by atomic mass is 10.1. The standard InChI is InChI=1S/C17H13N3O7/c1-26-14-3-4-15-10(8-14)2-5-16(15)18-27-17(21)11-6-12(19(22)23)9-13(7-11)20(24)25/h3-4,6-9H,2,5H2,1H3. The van der Waals surface area contributed by atoms with Crippen LogP contribution in [-0.2, 0) is 11.3 Å². The van der Waals surface area contributed by atoms with E-state index in [1.165, 1.54) is 0 Å². The molecule has 10 heteroatoms. The highest BCUT2D eigenvalue weighted by molar-refractivity contribution is 6.05. The van der Waals surface area contributed by atoms with E-state index in [2.05, 4.69) is 5.16 Å². The molecule has 0 spiro atoms. The molecule has 138 valence electrons. The Labute approximate surface area is 152 Å². The normalized spacial score (nSPS) is 13.9. The van der Waals surface area contributed by atoms with Crippen LogP contribution in [0.2, 0.25) is 0 Å². The predicted octanol–water partition coefficient (Wildman–Crippen LogP) is 3.02. The van der Waals surface area contributed by atoms with E-state index in [9.17, 15) is 25.0 Å². The molecule has 0 saturated heterocycles. The third-order valence-corrected chi connectivity index (χ3v) is 4.05. The zero-order valence-electron chi connectivity index (χ0n) is 14.1. The Morgan fingerprint density at radius 2 is 1.70 bits per heavy atom. The Hall–Kier alpha value is -3.82. The van der Waals surface area contributed by atoms with Crippen LogP contribution < -0.4 is 4.74 Å². The van der Waals surface area contributed by atoms with Crippen LogP contribution in [0, 0.1) is 20.2 Å². The van der Waals surface area contributed by atoms with Crippen LogP contribution in [0.1, 0.15) is 27.9 Å². The van der Waals surface area contributed by atoms with Gasteiger partial charge in [-0.25, -0.2) is 4.79 Å². The minimum Gasteiger partial charge on any atom is -0.497 e. The largest absolute Gasteiger partial charge is 0.497 e. The first-order valence-corrected chi connectivity index (χ1v) is 7.78. The van der Waals surface area contributed by atoms with Crippen molar-refractivity contribution in [2.75, 3.05) is 7.11 Å². The molecule has 2 aromatic carbocycles. The zero-order valence-corrected chi connectivity index (χ0v) is 14.1. The van der Waals surface area contributed by atoms with Gasteiger partial charge in [-0.05, 0) is 36.6 Å². The van der Waals surface area contributed by atoms with Gasteiger partial charge in [0.25, 0.3) is 11.4 Å². The summed E-state index contributed by atoms with van der Waals surface area (Å²) in [6.07, 6.45) is 1.25. The molecule has 0 bridgehead atoms. The van der Waals surface area contributed by atoms with E-state index in [0.717, 1.165) is 29.3 Å². The number of carbonyl (C=O) groups is 1. The molecule has 0 atom stereocenters. The van der Waals surface area contributed by atoms with Gasteiger partial charge in [0.05, 0.1) is 34.3 Å². The maximum Gasteiger partial charge on any atom is 0.366 e. The number of nitro groups is 2. The van der Waals surface area contributed by atoms with Crippen molar-refractivity contribution in [2.24, 2.45) is 5.16 Å². The molecule has 0 heterocycles. The Bertz CT molecular complexity index is 952. The number of fused-ring (bicyclic) bond motifs is 1. The van der Waals surface area contributed by atoms with Crippen molar-refractivity contribution in [2.45, 2.75) is 12.8 Å². The lowest BCUT2D eigenvalue weighted by molar-refractivity contribution is -0.394. The van der Waals surface area contributed by atoms with Crippen LogP contribution in [0.25, 0.3) is 0 Å². The first kappa shape index (κ1) is 18.0. The molecule has 10 nitrogen and oxygen atoms in total. The molecule has 2 aromatic rings. The van der Waals surface area contributed by atoms with Crippen molar-refractivity contribution in [3.05, 3.63) is 73.3 Å². The van der Waals surface area contributed by atoms with E-state index in [0.29, 0.717) is 24.3 Å². The lowest BCUT2D eigenvalue weighted by Crippen LogP contribution is -2.06. The molecule has 0 saturated carbocycles. The zero-order chi connectivity index (χ0) is 19.6. The van der Waals surface area contributed by atoms with E-state index >= 15 is 0 Å². The molecule has 0 unspecified atom stereocenters. The Kier molecular flexibility index (Phi) is 4.79. The van der Waals surface area contributed by atoms with Crippen LogP contribution in [0.4, 0.5) is 11.4 Å². The van der Waals surface area contributed by atoms with Crippen molar-refractivity contribution in [1.29, 1.82) is 0 Å². The summed E-state index contributed by atoms with van der Waals surface area (Å²) in [5, 5.41) is 25.6. The van der Waals surface area contributed by atoms with E-state index in [1.54, 1.807) is 19.2 Å².